The number of rotatable bonds is 2. The van der Waals surface area contributed by atoms with Gasteiger partial charge in [0.2, 0.25) is 0 Å². The van der Waals surface area contributed by atoms with E-state index in [9.17, 15) is 0 Å². The van der Waals surface area contributed by atoms with Gasteiger partial charge in [-0.15, -0.1) is 0 Å². The molecule has 2 aliphatic rings. The lowest BCUT2D eigenvalue weighted by Gasteiger charge is -2.61. The van der Waals surface area contributed by atoms with E-state index in [0.717, 1.165) is 36.6 Å². The Labute approximate surface area is 124 Å². The summed E-state index contributed by atoms with van der Waals surface area (Å²) in [6.45, 7) is 7.55. The van der Waals surface area contributed by atoms with Gasteiger partial charge in [-0.25, -0.2) is 9.97 Å². The molecule has 1 N–H and O–H groups in total. The van der Waals surface area contributed by atoms with E-state index in [1.807, 2.05) is 6.20 Å². The first-order chi connectivity index (χ1) is 10.2. The summed E-state index contributed by atoms with van der Waals surface area (Å²) in [6, 6.07) is 2.63. The normalized spacial score (nSPS) is 24.7. The van der Waals surface area contributed by atoms with Crippen LogP contribution in [-0.4, -0.2) is 40.8 Å². The molecule has 0 aliphatic carbocycles. The standard InChI is InChI=1S/C16H22N4O/c1-11(2)13-16(4-7-21-8-5-16)9-20(13)15-12-3-6-17-14(12)18-10-19-15/h3,6,10-11,13H,4-5,7-9H2,1-2H3,(H,17,18,19)/t13-/m1/s1. The Balaban J connectivity index is 1.71. The van der Waals surface area contributed by atoms with Gasteiger partial charge in [-0.05, 0) is 24.8 Å². The van der Waals surface area contributed by atoms with Crippen molar-refractivity contribution < 1.29 is 4.74 Å². The Bertz CT molecular complexity index is 645. The lowest BCUT2D eigenvalue weighted by Crippen LogP contribution is -2.68. The van der Waals surface area contributed by atoms with Crippen LogP contribution >= 0.6 is 0 Å². The summed E-state index contributed by atoms with van der Waals surface area (Å²) in [6.07, 6.45) is 5.96. The predicted molar refractivity (Wildman–Crippen MR) is 82.3 cm³/mol. The summed E-state index contributed by atoms with van der Waals surface area (Å²) in [5, 5.41) is 1.13. The molecule has 2 fully saturated rings. The molecule has 4 heterocycles. The number of fused-ring (bicyclic) bond motifs is 1. The molecule has 0 radical (unpaired) electrons. The van der Waals surface area contributed by atoms with Crippen LogP contribution in [-0.2, 0) is 4.74 Å². The third kappa shape index (κ3) is 1.87. The first kappa shape index (κ1) is 13.1. The topological polar surface area (TPSA) is 54.0 Å². The van der Waals surface area contributed by atoms with Crippen LogP contribution in [0.4, 0.5) is 5.82 Å². The van der Waals surface area contributed by atoms with Crippen LogP contribution in [0.25, 0.3) is 11.0 Å². The Hall–Kier alpha value is -1.62. The molecule has 1 atom stereocenters. The number of hydrogen-bond acceptors (Lipinski definition) is 4. The SMILES string of the molecule is CC(C)[C@H]1N(c2ncnc3[nH]ccc23)CC12CCOCC2. The van der Waals surface area contributed by atoms with Gasteiger partial charge in [0.1, 0.15) is 17.8 Å². The summed E-state index contributed by atoms with van der Waals surface area (Å²) in [7, 11) is 0. The molecule has 0 amide bonds. The summed E-state index contributed by atoms with van der Waals surface area (Å²) < 4.78 is 5.58. The minimum Gasteiger partial charge on any atom is -0.381 e. The second kappa shape index (κ2) is 4.70. The Kier molecular flexibility index (Phi) is 2.92. The summed E-state index contributed by atoms with van der Waals surface area (Å²) in [5.74, 6) is 1.69. The number of nitrogens with zero attached hydrogens (tertiary/aromatic N) is 3. The lowest BCUT2D eigenvalue weighted by molar-refractivity contribution is -0.0398. The quantitative estimate of drug-likeness (QED) is 0.922. The molecule has 4 rings (SSSR count). The number of ether oxygens (including phenoxy) is 1. The zero-order chi connectivity index (χ0) is 14.4. The third-order valence-corrected chi connectivity index (χ3v) is 5.17. The molecule has 2 aromatic heterocycles. The van der Waals surface area contributed by atoms with E-state index in [4.69, 9.17) is 4.74 Å². The Morgan fingerprint density at radius 1 is 1.33 bits per heavy atom. The largest absolute Gasteiger partial charge is 0.381 e. The van der Waals surface area contributed by atoms with Gasteiger partial charge in [0, 0.05) is 37.4 Å². The van der Waals surface area contributed by atoms with Crippen molar-refractivity contribution in [2.75, 3.05) is 24.7 Å². The number of anilines is 1. The third-order valence-electron chi connectivity index (χ3n) is 5.17. The monoisotopic (exact) mass is 286 g/mol. The second-order valence-electron chi connectivity index (χ2n) is 6.73. The van der Waals surface area contributed by atoms with Crippen LogP contribution in [0, 0.1) is 11.3 Å². The molecule has 5 nitrogen and oxygen atoms in total. The fraction of sp³-hybridized carbons (Fsp3) is 0.625. The van der Waals surface area contributed by atoms with E-state index in [1.54, 1.807) is 6.33 Å². The van der Waals surface area contributed by atoms with Crippen LogP contribution < -0.4 is 4.90 Å². The van der Waals surface area contributed by atoms with Gasteiger partial charge >= 0.3 is 0 Å². The predicted octanol–water partition coefficient (Wildman–Crippen LogP) is 2.60. The van der Waals surface area contributed by atoms with E-state index >= 15 is 0 Å². The molecule has 112 valence electrons. The highest BCUT2D eigenvalue weighted by Crippen LogP contribution is 2.50. The van der Waals surface area contributed by atoms with E-state index in [0.29, 0.717) is 17.4 Å². The number of H-pyrrole nitrogens is 1. The maximum atomic E-state index is 5.58. The summed E-state index contributed by atoms with van der Waals surface area (Å²) in [4.78, 5) is 14.5. The van der Waals surface area contributed by atoms with Crippen molar-refractivity contribution in [2.45, 2.75) is 32.7 Å². The van der Waals surface area contributed by atoms with Crippen LogP contribution in [0.2, 0.25) is 0 Å². The summed E-state index contributed by atoms with van der Waals surface area (Å²) >= 11 is 0. The minimum absolute atomic E-state index is 0.417. The molecule has 0 bridgehead atoms. The van der Waals surface area contributed by atoms with Gasteiger partial charge in [-0.3, -0.25) is 0 Å². The molecule has 5 heteroatoms. The van der Waals surface area contributed by atoms with Crippen LogP contribution in [0.3, 0.4) is 0 Å². The van der Waals surface area contributed by atoms with Gasteiger partial charge in [0.25, 0.3) is 0 Å². The fourth-order valence-electron chi connectivity index (χ4n) is 4.34. The van der Waals surface area contributed by atoms with Crippen LogP contribution in [0.15, 0.2) is 18.6 Å². The molecule has 0 aromatic carbocycles. The molecule has 2 aromatic rings. The van der Waals surface area contributed by atoms with E-state index in [-0.39, 0.29) is 0 Å². The molecule has 21 heavy (non-hydrogen) atoms. The first-order valence-electron chi connectivity index (χ1n) is 7.84. The zero-order valence-electron chi connectivity index (χ0n) is 12.7. The first-order valence-corrected chi connectivity index (χ1v) is 7.84. The molecular formula is C16H22N4O. The van der Waals surface area contributed by atoms with Crippen LogP contribution in [0.5, 0.6) is 0 Å². The van der Waals surface area contributed by atoms with Crippen molar-refractivity contribution in [3.8, 4) is 0 Å². The molecular weight excluding hydrogens is 264 g/mol. The van der Waals surface area contributed by atoms with Gasteiger partial charge in [-0.1, -0.05) is 13.8 Å². The molecule has 1 spiro atoms. The smallest absolute Gasteiger partial charge is 0.142 e. The Morgan fingerprint density at radius 2 is 2.14 bits per heavy atom. The van der Waals surface area contributed by atoms with E-state index in [2.05, 4.69) is 39.8 Å². The second-order valence-corrected chi connectivity index (χ2v) is 6.73. The average molecular weight is 286 g/mol. The summed E-state index contributed by atoms with van der Waals surface area (Å²) in [5.41, 5.74) is 1.34. The molecule has 2 saturated heterocycles. The molecule has 0 unspecified atom stereocenters. The van der Waals surface area contributed by atoms with E-state index < -0.39 is 0 Å². The lowest BCUT2D eigenvalue weighted by atomic mass is 9.62. The number of nitrogens with one attached hydrogen (secondary N) is 1. The zero-order valence-corrected chi connectivity index (χ0v) is 12.7. The van der Waals surface area contributed by atoms with Crippen molar-refractivity contribution in [1.29, 1.82) is 0 Å². The Morgan fingerprint density at radius 3 is 2.90 bits per heavy atom. The van der Waals surface area contributed by atoms with Gasteiger partial charge in [-0.2, -0.15) is 0 Å². The van der Waals surface area contributed by atoms with Gasteiger partial charge < -0.3 is 14.6 Å². The van der Waals surface area contributed by atoms with Crippen molar-refractivity contribution in [3.63, 3.8) is 0 Å². The highest BCUT2D eigenvalue weighted by Gasteiger charge is 2.54. The number of aromatic nitrogens is 3. The van der Waals surface area contributed by atoms with Crippen molar-refractivity contribution in [3.05, 3.63) is 18.6 Å². The highest BCUT2D eigenvalue weighted by atomic mass is 16.5. The van der Waals surface area contributed by atoms with Gasteiger partial charge in [0.05, 0.1) is 5.39 Å². The maximum absolute atomic E-state index is 5.58. The molecule has 0 saturated carbocycles. The highest BCUT2D eigenvalue weighted by molar-refractivity contribution is 5.88. The molecule has 2 aliphatic heterocycles. The van der Waals surface area contributed by atoms with Crippen molar-refractivity contribution in [2.24, 2.45) is 11.3 Å². The number of hydrogen-bond donors (Lipinski definition) is 1. The fourth-order valence-corrected chi connectivity index (χ4v) is 4.34. The maximum Gasteiger partial charge on any atom is 0.142 e. The van der Waals surface area contributed by atoms with Gasteiger partial charge in [0.15, 0.2) is 0 Å². The van der Waals surface area contributed by atoms with Crippen LogP contribution in [0.1, 0.15) is 26.7 Å². The van der Waals surface area contributed by atoms with Crippen molar-refractivity contribution >= 4 is 16.9 Å². The average Bonchev–Trinajstić information content (AvgIpc) is 2.93. The minimum atomic E-state index is 0.417. The van der Waals surface area contributed by atoms with E-state index in [1.165, 1.54) is 12.8 Å². The number of aromatic amines is 1. The van der Waals surface area contributed by atoms with Crippen molar-refractivity contribution in [1.82, 2.24) is 15.0 Å².